The van der Waals surface area contributed by atoms with Gasteiger partial charge in [-0.05, 0) is 13.0 Å². The number of nitrogens with zero attached hydrogens (tertiary/aromatic N) is 3. The van der Waals surface area contributed by atoms with Crippen molar-refractivity contribution in [2.24, 2.45) is 0 Å². The number of hydrogen-bond acceptors (Lipinski definition) is 7. The molecule has 1 N–H and O–H groups in total. The van der Waals surface area contributed by atoms with Crippen molar-refractivity contribution in [2.75, 3.05) is 16.8 Å². The van der Waals surface area contributed by atoms with Crippen LogP contribution in [0.15, 0.2) is 39.1 Å². The quantitative estimate of drug-likeness (QED) is 0.348. The number of rotatable bonds is 6. The van der Waals surface area contributed by atoms with Crippen molar-refractivity contribution >= 4 is 40.8 Å². The van der Waals surface area contributed by atoms with Gasteiger partial charge in [0.25, 0.3) is 11.2 Å². The van der Waals surface area contributed by atoms with Crippen LogP contribution < -0.4 is 10.9 Å². The Kier molecular flexibility index (Phi) is 5.62. The van der Waals surface area contributed by atoms with Crippen molar-refractivity contribution in [3.63, 3.8) is 0 Å². The molecule has 26 heavy (non-hydrogen) atoms. The summed E-state index contributed by atoms with van der Waals surface area (Å²) in [6.07, 6.45) is 0.757. The van der Waals surface area contributed by atoms with Crippen LogP contribution in [0.4, 0.5) is 11.4 Å². The van der Waals surface area contributed by atoms with Crippen LogP contribution in [0.5, 0.6) is 0 Å². The third kappa shape index (κ3) is 3.91. The topological polar surface area (TPSA) is 107 Å². The average molecular weight is 392 g/mol. The van der Waals surface area contributed by atoms with Crippen molar-refractivity contribution in [3.8, 4) is 0 Å². The number of nitro benzene ring substituents is 1. The van der Waals surface area contributed by atoms with Gasteiger partial charge in [0.1, 0.15) is 0 Å². The van der Waals surface area contributed by atoms with Crippen molar-refractivity contribution in [1.82, 2.24) is 9.55 Å². The summed E-state index contributed by atoms with van der Waals surface area (Å²) in [6, 6.07) is 5.75. The molecule has 0 bridgehead atoms. The molecule has 0 radical (unpaired) electrons. The summed E-state index contributed by atoms with van der Waals surface area (Å²) in [5, 5.41) is 13.9. The number of non-ortho nitro benzene ring substituents is 1. The van der Waals surface area contributed by atoms with E-state index in [9.17, 15) is 19.7 Å². The number of carbonyl (C=O) groups excluding carboxylic acids is 1. The van der Waals surface area contributed by atoms with Crippen molar-refractivity contribution in [1.29, 1.82) is 0 Å². The molecule has 1 amide bonds. The van der Waals surface area contributed by atoms with E-state index in [1.54, 1.807) is 10.6 Å². The highest BCUT2D eigenvalue weighted by atomic mass is 32.2. The Morgan fingerprint density at radius 2 is 2.31 bits per heavy atom. The first-order valence-electron chi connectivity index (χ1n) is 7.93. The number of thioether (sulfide) groups is 2. The lowest BCUT2D eigenvalue weighted by atomic mass is 10.3. The molecule has 0 atom stereocenters. The second-order valence-corrected chi connectivity index (χ2v) is 7.51. The monoisotopic (exact) mass is 392 g/mol. The number of nitrogens with one attached hydrogen (secondary N) is 1. The van der Waals surface area contributed by atoms with E-state index in [2.05, 4.69) is 10.3 Å². The van der Waals surface area contributed by atoms with Crippen LogP contribution >= 0.6 is 23.5 Å². The van der Waals surface area contributed by atoms with E-state index < -0.39 is 4.92 Å². The molecule has 0 saturated heterocycles. The number of anilines is 1. The van der Waals surface area contributed by atoms with Crippen molar-refractivity contribution in [2.45, 2.75) is 29.9 Å². The fourth-order valence-corrected chi connectivity index (χ4v) is 4.46. The molecule has 0 aliphatic carbocycles. The summed E-state index contributed by atoms with van der Waals surface area (Å²) in [5.41, 5.74) is 1.01. The molecule has 3 rings (SSSR count). The number of aryl methyl sites for hydroxylation is 1. The summed E-state index contributed by atoms with van der Waals surface area (Å²) >= 11 is 2.71. The molecule has 0 fully saturated rings. The molecular weight excluding hydrogens is 376 g/mol. The summed E-state index contributed by atoms with van der Waals surface area (Å²) in [6.45, 7) is 2.34. The van der Waals surface area contributed by atoms with Crippen molar-refractivity contribution in [3.05, 3.63) is 50.4 Å². The van der Waals surface area contributed by atoms with Gasteiger partial charge in [-0.2, -0.15) is 0 Å². The minimum absolute atomic E-state index is 0.0541. The number of hydrogen-bond donors (Lipinski definition) is 1. The normalized spacial score (nSPS) is 12.7. The maximum absolute atomic E-state index is 12.5. The number of carbonyl (C=O) groups is 1. The molecule has 10 heteroatoms. The van der Waals surface area contributed by atoms with Gasteiger partial charge in [-0.25, -0.2) is 4.98 Å². The maximum atomic E-state index is 12.5. The molecule has 136 valence electrons. The second-order valence-electron chi connectivity index (χ2n) is 5.46. The Morgan fingerprint density at radius 1 is 1.50 bits per heavy atom. The Hall–Kier alpha value is -2.33. The van der Waals surface area contributed by atoms with Gasteiger partial charge in [0.15, 0.2) is 5.16 Å². The first-order chi connectivity index (χ1) is 12.5. The van der Waals surface area contributed by atoms with E-state index in [1.165, 1.54) is 41.7 Å². The third-order valence-electron chi connectivity index (χ3n) is 3.74. The predicted octanol–water partition coefficient (Wildman–Crippen LogP) is 2.55. The van der Waals surface area contributed by atoms with E-state index in [0.717, 1.165) is 17.9 Å². The molecule has 2 aromatic rings. The maximum Gasteiger partial charge on any atom is 0.271 e. The number of benzene rings is 1. The first-order valence-corrected chi connectivity index (χ1v) is 9.90. The standard InChI is InChI=1S/C16H16N4O4S2/c1-2-19-15(22)14-12(6-7-25-14)18-16(19)26-9-13(21)17-10-4-3-5-11(8-10)20(23)24/h3-5,8H,2,6-7,9H2,1H3,(H,17,21). The molecule has 2 heterocycles. The molecule has 1 aromatic heterocycles. The lowest BCUT2D eigenvalue weighted by Gasteiger charge is -2.11. The fraction of sp³-hybridized carbons (Fsp3) is 0.312. The van der Waals surface area contributed by atoms with E-state index in [0.29, 0.717) is 22.3 Å². The van der Waals surface area contributed by atoms with Gasteiger partial charge in [0, 0.05) is 36.5 Å². The molecule has 0 saturated carbocycles. The Bertz CT molecular complexity index is 929. The van der Waals surface area contributed by atoms with E-state index in [1.807, 2.05) is 6.92 Å². The molecule has 0 unspecified atom stereocenters. The molecule has 1 aliphatic rings. The number of amides is 1. The number of nitro groups is 1. The van der Waals surface area contributed by atoms with E-state index >= 15 is 0 Å². The van der Waals surface area contributed by atoms with Gasteiger partial charge in [-0.1, -0.05) is 17.8 Å². The smallest absolute Gasteiger partial charge is 0.271 e. The highest BCUT2D eigenvalue weighted by molar-refractivity contribution is 8.00. The molecule has 0 spiro atoms. The summed E-state index contributed by atoms with van der Waals surface area (Å²) in [4.78, 5) is 40.2. The Labute approximate surface area is 157 Å². The fourth-order valence-electron chi connectivity index (χ4n) is 2.54. The van der Waals surface area contributed by atoms with Crippen LogP contribution in [0.25, 0.3) is 0 Å². The average Bonchev–Trinajstić information content (AvgIpc) is 3.09. The number of aromatic nitrogens is 2. The zero-order valence-electron chi connectivity index (χ0n) is 13.9. The van der Waals surface area contributed by atoms with Gasteiger partial charge in [-0.15, -0.1) is 11.8 Å². The molecule has 8 nitrogen and oxygen atoms in total. The van der Waals surface area contributed by atoms with Gasteiger partial charge < -0.3 is 5.32 Å². The van der Waals surface area contributed by atoms with Crippen molar-refractivity contribution < 1.29 is 9.72 Å². The Morgan fingerprint density at radius 3 is 3.04 bits per heavy atom. The summed E-state index contributed by atoms with van der Waals surface area (Å²) in [7, 11) is 0. The van der Waals surface area contributed by atoms with Crippen LogP contribution in [-0.2, 0) is 17.8 Å². The molecular formula is C16H16N4O4S2. The second kappa shape index (κ2) is 7.92. The lowest BCUT2D eigenvalue weighted by Crippen LogP contribution is -2.25. The summed E-state index contributed by atoms with van der Waals surface area (Å²) < 4.78 is 1.57. The van der Waals surface area contributed by atoms with Gasteiger partial charge in [0.05, 0.1) is 21.3 Å². The molecule has 1 aliphatic heterocycles. The van der Waals surface area contributed by atoms with E-state index in [4.69, 9.17) is 0 Å². The highest BCUT2D eigenvalue weighted by Crippen LogP contribution is 2.28. The highest BCUT2D eigenvalue weighted by Gasteiger charge is 2.21. The van der Waals surface area contributed by atoms with Crippen LogP contribution in [0.2, 0.25) is 0 Å². The zero-order valence-corrected chi connectivity index (χ0v) is 15.6. The van der Waals surface area contributed by atoms with Crippen LogP contribution in [-0.4, -0.2) is 31.9 Å². The number of fused-ring (bicyclic) bond motifs is 1. The summed E-state index contributed by atoms with van der Waals surface area (Å²) in [5.74, 6) is 0.589. The van der Waals surface area contributed by atoms with Gasteiger partial charge in [0.2, 0.25) is 5.91 Å². The van der Waals surface area contributed by atoms with E-state index in [-0.39, 0.29) is 22.9 Å². The van der Waals surface area contributed by atoms with Gasteiger partial charge in [-0.3, -0.25) is 24.3 Å². The largest absolute Gasteiger partial charge is 0.325 e. The Balaban J connectivity index is 1.70. The third-order valence-corrected chi connectivity index (χ3v) is 5.82. The first kappa shape index (κ1) is 18.5. The SMILES string of the molecule is CCn1c(SCC(=O)Nc2cccc([N+](=O)[O-])c2)nc2c(c1=O)SCC2. The van der Waals surface area contributed by atoms with Gasteiger partial charge >= 0.3 is 0 Å². The predicted molar refractivity (Wildman–Crippen MR) is 101 cm³/mol. The van der Waals surface area contributed by atoms with Crippen LogP contribution in [0.1, 0.15) is 12.6 Å². The minimum Gasteiger partial charge on any atom is -0.325 e. The minimum atomic E-state index is -0.517. The lowest BCUT2D eigenvalue weighted by molar-refractivity contribution is -0.384. The molecule has 1 aromatic carbocycles. The zero-order chi connectivity index (χ0) is 18.7. The van der Waals surface area contributed by atoms with Crippen LogP contribution in [0, 0.1) is 10.1 Å². The van der Waals surface area contributed by atoms with Crippen LogP contribution in [0.3, 0.4) is 0 Å².